The molecule has 1 aromatic rings. The quantitative estimate of drug-likeness (QED) is 0.596. The molecule has 4 fully saturated rings. The van der Waals surface area contributed by atoms with Crippen LogP contribution in [-0.2, 0) is 0 Å². The number of hydrogen-bond donors (Lipinski definition) is 0. The van der Waals surface area contributed by atoms with E-state index in [2.05, 4.69) is 38.1 Å². The summed E-state index contributed by atoms with van der Waals surface area (Å²) < 4.78 is 0. The number of benzene rings is 1. The molecule has 0 heterocycles. The van der Waals surface area contributed by atoms with Crippen LogP contribution in [0.2, 0.25) is 0 Å². The number of aryl methyl sites for hydroxylation is 1. The maximum absolute atomic E-state index is 7.04. The minimum Gasteiger partial charge on any atom is -0.117 e. The van der Waals surface area contributed by atoms with Gasteiger partial charge < -0.3 is 0 Å². The van der Waals surface area contributed by atoms with E-state index in [4.69, 9.17) is 11.6 Å². The molecule has 3 unspecified atom stereocenters. The standard InChI is InChI=1S/C19H25Cl/c1-13-3-5-16(6-4-13)17(20)19-10-14-7-15(11-19)9-18(2,8-14)12-19/h3-6,14-15,17H,7-12H2,1-2H3. The third-order valence-electron chi connectivity index (χ3n) is 6.31. The second kappa shape index (κ2) is 4.26. The summed E-state index contributed by atoms with van der Waals surface area (Å²) in [5.74, 6) is 1.90. The zero-order valence-electron chi connectivity index (χ0n) is 12.7. The molecule has 0 amide bonds. The SMILES string of the molecule is Cc1ccc(C(Cl)C23CC4CC(CC(C)(C4)C2)C3)cc1. The maximum atomic E-state index is 7.04. The topological polar surface area (TPSA) is 0 Å². The summed E-state index contributed by atoms with van der Waals surface area (Å²) in [6, 6.07) is 8.95. The fraction of sp³-hybridized carbons (Fsp3) is 0.684. The molecule has 0 saturated heterocycles. The van der Waals surface area contributed by atoms with E-state index in [1.165, 1.54) is 49.7 Å². The van der Waals surface area contributed by atoms with Crippen LogP contribution in [0, 0.1) is 29.6 Å². The van der Waals surface area contributed by atoms with Crippen LogP contribution in [0.25, 0.3) is 0 Å². The predicted molar refractivity (Wildman–Crippen MR) is 85.0 cm³/mol. The van der Waals surface area contributed by atoms with Crippen molar-refractivity contribution in [2.75, 3.05) is 0 Å². The van der Waals surface area contributed by atoms with Gasteiger partial charge in [0.05, 0.1) is 5.38 Å². The van der Waals surface area contributed by atoms with Crippen molar-refractivity contribution in [1.82, 2.24) is 0 Å². The molecule has 3 atom stereocenters. The number of halogens is 1. The summed E-state index contributed by atoms with van der Waals surface area (Å²) in [5.41, 5.74) is 3.65. The van der Waals surface area contributed by atoms with Gasteiger partial charge in [0.2, 0.25) is 0 Å². The smallest absolute Gasteiger partial charge is 0.0641 e. The number of hydrogen-bond acceptors (Lipinski definition) is 0. The lowest BCUT2D eigenvalue weighted by Crippen LogP contribution is -2.52. The van der Waals surface area contributed by atoms with Crippen LogP contribution in [0.3, 0.4) is 0 Å². The second-order valence-corrected chi connectivity index (χ2v) is 8.84. The largest absolute Gasteiger partial charge is 0.117 e. The molecule has 108 valence electrons. The van der Waals surface area contributed by atoms with Crippen molar-refractivity contribution < 1.29 is 0 Å². The third-order valence-corrected chi connectivity index (χ3v) is 7.02. The van der Waals surface area contributed by atoms with Crippen molar-refractivity contribution in [2.45, 2.75) is 57.7 Å². The van der Waals surface area contributed by atoms with Crippen molar-refractivity contribution in [3.63, 3.8) is 0 Å². The molecular weight excluding hydrogens is 264 g/mol. The van der Waals surface area contributed by atoms with Crippen LogP contribution in [0.15, 0.2) is 24.3 Å². The van der Waals surface area contributed by atoms with Crippen LogP contribution < -0.4 is 0 Å². The highest BCUT2D eigenvalue weighted by Crippen LogP contribution is 2.69. The molecule has 4 aliphatic carbocycles. The Bertz CT molecular complexity index is 501. The Morgan fingerprint density at radius 3 is 2.20 bits per heavy atom. The minimum atomic E-state index is 0.216. The Kier molecular flexibility index (Phi) is 2.81. The maximum Gasteiger partial charge on any atom is 0.0641 e. The summed E-state index contributed by atoms with van der Waals surface area (Å²) >= 11 is 7.04. The Morgan fingerprint density at radius 2 is 1.65 bits per heavy atom. The molecule has 0 aromatic heterocycles. The average Bonchev–Trinajstić information content (AvgIpc) is 2.36. The van der Waals surface area contributed by atoms with Crippen LogP contribution >= 0.6 is 11.6 Å². The zero-order chi connectivity index (χ0) is 14.0. The molecule has 0 radical (unpaired) electrons. The molecule has 1 aromatic carbocycles. The van der Waals surface area contributed by atoms with Crippen LogP contribution in [0.1, 0.15) is 62.0 Å². The highest BCUT2D eigenvalue weighted by atomic mass is 35.5. The molecule has 4 saturated carbocycles. The third kappa shape index (κ3) is 1.95. The van der Waals surface area contributed by atoms with Gasteiger partial charge in [0.15, 0.2) is 0 Å². The summed E-state index contributed by atoms with van der Waals surface area (Å²) in [4.78, 5) is 0. The highest BCUT2D eigenvalue weighted by molar-refractivity contribution is 6.21. The molecule has 0 spiro atoms. The molecule has 20 heavy (non-hydrogen) atoms. The van der Waals surface area contributed by atoms with Crippen molar-refractivity contribution in [3.05, 3.63) is 35.4 Å². The summed E-state index contributed by atoms with van der Waals surface area (Å²) in [6.45, 7) is 4.68. The molecule has 1 heteroatoms. The summed E-state index contributed by atoms with van der Waals surface area (Å²) in [7, 11) is 0. The Morgan fingerprint density at radius 1 is 1.05 bits per heavy atom. The molecule has 5 rings (SSSR count). The molecule has 4 aliphatic rings. The average molecular weight is 289 g/mol. The van der Waals surface area contributed by atoms with Crippen molar-refractivity contribution in [2.24, 2.45) is 22.7 Å². The Hall–Kier alpha value is -0.490. The van der Waals surface area contributed by atoms with Crippen molar-refractivity contribution in [3.8, 4) is 0 Å². The van der Waals surface area contributed by atoms with Gasteiger partial charge in [-0.3, -0.25) is 0 Å². The highest BCUT2D eigenvalue weighted by Gasteiger charge is 2.58. The molecule has 4 bridgehead atoms. The molecular formula is C19H25Cl. The van der Waals surface area contributed by atoms with E-state index in [1.807, 2.05) is 0 Å². The lowest BCUT2D eigenvalue weighted by Gasteiger charge is -2.62. The molecule has 0 N–H and O–H groups in total. The Balaban J connectivity index is 1.68. The van der Waals surface area contributed by atoms with Gasteiger partial charge in [0, 0.05) is 0 Å². The molecule has 0 aliphatic heterocycles. The van der Waals surface area contributed by atoms with Gasteiger partial charge in [-0.05, 0) is 73.7 Å². The second-order valence-electron chi connectivity index (χ2n) is 8.41. The first kappa shape index (κ1) is 13.2. The predicted octanol–water partition coefficient (Wildman–Crippen LogP) is 5.88. The summed E-state index contributed by atoms with van der Waals surface area (Å²) in [6.07, 6.45) is 8.51. The van der Waals surface area contributed by atoms with E-state index in [0.717, 1.165) is 11.8 Å². The van der Waals surface area contributed by atoms with Gasteiger partial charge in [0.1, 0.15) is 0 Å². The fourth-order valence-corrected chi connectivity index (χ4v) is 6.58. The van der Waals surface area contributed by atoms with Gasteiger partial charge in [-0.1, -0.05) is 36.8 Å². The number of alkyl halides is 1. The van der Waals surface area contributed by atoms with Crippen LogP contribution in [-0.4, -0.2) is 0 Å². The van der Waals surface area contributed by atoms with E-state index in [1.54, 1.807) is 0 Å². The fourth-order valence-electron chi connectivity index (χ4n) is 6.18. The summed E-state index contributed by atoms with van der Waals surface area (Å²) in [5, 5.41) is 0.216. The van der Waals surface area contributed by atoms with Gasteiger partial charge >= 0.3 is 0 Å². The molecule has 0 nitrogen and oxygen atoms in total. The minimum absolute atomic E-state index is 0.216. The zero-order valence-corrected chi connectivity index (χ0v) is 13.4. The van der Waals surface area contributed by atoms with Crippen LogP contribution in [0.5, 0.6) is 0 Å². The van der Waals surface area contributed by atoms with Gasteiger partial charge in [-0.15, -0.1) is 11.6 Å². The lowest BCUT2D eigenvalue weighted by atomic mass is 9.43. The van der Waals surface area contributed by atoms with Gasteiger partial charge in [-0.25, -0.2) is 0 Å². The van der Waals surface area contributed by atoms with E-state index in [9.17, 15) is 0 Å². The first-order chi connectivity index (χ1) is 9.48. The monoisotopic (exact) mass is 288 g/mol. The van der Waals surface area contributed by atoms with Gasteiger partial charge in [-0.2, -0.15) is 0 Å². The normalized spacial score (nSPS) is 43.8. The van der Waals surface area contributed by atoms with E-state index < -0.39 is 0 Å². The van der Waals surface area contributed by atoms with E-state index in [-0.39, 0.29) is 5.38 Å². The van der Waals surface area contributed by atoms with E-state index in [0.29, 0.717) is 10.8 Å². The first-order valence-electron chi connectivity index (χ1n) is 8.19. The van der Waals surface area contributed by atoms with Crippen LogP contribution in [0.4, 0.5) is 0 Å². The lowest BCUT2D eigenvalue weighted by molar-refractivity contribution is -0.103. The number of rotatable bonds is 2. The first-order valence-corrected chi connectivity index (χ1v) is 8.62. The van der Waals surface area contributed by atoms with Crippen molar-refractivity contribution >= 4 is 11.6 Å². The van der Waals surface area contributed by atoms with Crippen molar-refractivity contribution in [1.29, 1.82) is 0 Å². The Labute approximate surface area is 127 Å². The van der Waals surface area contributed by atoms with Gasteiger partial charge in [0.25, 0.3) is 0 Å². The van der Waals surface area contributed by atoms with E-state index >= 15 is 0 Å².